The molecule has 2 unspecified atom stereocenters. The van der Waals surface area contributed by atoms with Crippen LogP contribution in [0.1, 0.15) is 58.3 Å². The Balaban J connectivity index is 1.64. The maximum atomic E-state index is 5.76. The van der Waals surface area contributed by atoms with Gasteiger partial charge in [0, 0.05) is 12.6 Å². The third kappa shape index (κ3) is 3.72. The van der Waals surface area contributed by atoms with Crippen molar-refractivity contribution in [3.05, 3.63) is 0 Å². The minimum Gasteiger partial charge on any atom is -0.378 e. The Hall–Kier alpha value is -0.120. The number of hydrogen-bond donors (Lipinski definition) is 1. The lowest BCUT2D eigenvalue weighted by atomic mass is 10.0. The Labute approximate surface area is 98.8 Å². The van der Waals surface area contributed by atoms with Crippen molar-refractivity contribution in [3.63, 3.8) is 0 Å². The molecule has 3 heteroatoms. The third-order valence-corrected chi connectivity index (χ3v) is 3.68. The van der Waals surface area contributed by atoms with Crippen molar-refractivity contribution in [2.24, 2.45) is 0 Å². The highest BCUT2D eigenvalue weighted by Gasteiger charge is 2.23. The fraction of sp³-hybridized carbons (Fsp3) is 1.00. The van der Waals surface area contributed by atoms with Crippen LogP contribution in [0.15, 0.2) is 0 Å². The van der Waals surface area contributed by atoms with Crippen LogP contribution in [-0.4, -0.2) is 24.9 Å². The molecular formula is C13H25NO2. The van der Waals surface area contributed by atoms with E-state index >= 15 is 0 Å². The van der Waals surface area contributed by atoms with Crippen LogP contribution in [0.3, 0.4) is 0 Å². The van der Waals surface area contributed by atoms with E-state index in [0.29, 0.717) is 18.2 Å². The first kappa shape index (κ1) is 12.3. The van der Waals surface area contributed by atoms with Crippen molar-refractivity contribution in [3.8, 4) is 0 Å². The quantitative estimate of drug-likeness (QED) is 0.733. The number of ether oxygens (including phenoxy) is 1. The molecule has 0 amide bonds. The molecule has 2 aliphatic rings. The van der Waals surface area contributed by atoms with Crippen LogP contribution in [0, 0.1) is 0 Å². The van der Waals surface area contributed by atoms with Gasteiger partial charge in [0.2, 0.25) is 0 Å². The Morgan fingerprint density at radius 1 is 1.25 bits per heavy atom. The highest BCUT2D eigenvalue weighted by Crippen LogP contribution is 2.22. The summed E-state index contributed by atoms with van der Waals surface area (Å²) in [7, 11) is 0. The van der Waals surface area contributed by atoms with Crippen LogP contribution in [0.5, 0.6) is 0 Å². The lowest BCUT2D eigenvalue weighted by molar-refractivity contribution is -0.0805. The van der Waals surface area contributed by atoms with E-state index < -0.39 is 0 Å². The summed E-state index contributed by atoms with van der Waals surface area (Å²) in [6, 6.07) is 0.505. The van der Waals surface area contributed by atoms with E-state index in [-0.39, 0.29) is 0 Å². The first-order valence-corrected chi connectivity index (χ1v) is 6.91. The molecule has 94 valence electrons. The Morgan fingerprint density at radius 2 is 2.06 bits per heavy atom. The van der Waals surface area contributed by atoms with Gasteiger partial charge in [0.15, 0.2) is 0 Å². The summed E-state index contributed by atoms with van der Waals surface area (Å²) in [5.41, 5.74) is 3.27. The smallest absolute Gasteiger partial charge is 0.0790 e. The van der Waals surface area contributed by atoms with Crippen molar-refractivity contribution in [2.45, 2.75) is 76.5 Å². The zero-order chi connectivity index (χ0) is 11.2. The summed E-state index contributed by atoms with van der Waals surface area (Å²) in [5, 5.41) is 0. The fourth-order valence-electron chi connectivity index (χ4n) is 2.71. The van der Waals surface area contributed by atoms with Crippen molar-refractivity contribution in [2.75, 3.05) is 6.61 Å². The fourth-order valence-corrected chi connectivity index (χ4v) is 2.71. The lowest BCUT2D eigenvalue weighted by Gasteiger charge is -2.30. The van der Waals surface area contributed by atoms with Gasteiger partial charge in [-0.2, -0.15) is 5.48 Å². The predicted molar refractivity (Wildman–Crippen MR) is 64.1 cm³/mol. The van der Waals surface area contributed by atoms with Crippen LogP contribution in [-0.2, 0) is 9.57 Å². The Morgan fingerprint density at radius 3 is 2.81 bits per heavy atom. The molecule has 2 fully saturated rings. The molecule has 0 aromatic carbocycles. The maximum Gasteiger partial charge on any atom is 0.0790 e. The molecule has 1 heterocycles. The summed E-state index contributed by atoms with van der Waals surface area (Å²) >= 11 is 0. The normalized spacial score (nSPS) is 32.1. The number of hydrogen-bond acceptors (Lipinski definition) is 3. The average Bonchev–Trinajstić information content (AvgIpc) is 2.80. The molecule has 1 aliphatic carbocycles. The molecule has 16 heavy (non-hydrogen) atoms. The van der Waals surface area contributed by atoms with Gasteiger partial charge in [-0.3, -0.25) is 4.84 Å². The third-order valence-electron chi connectivity index (χ3n) is 3.68. The predicted octanol–water partition coefficient (Wildman–Crippen LogP) is 2.80. The first-order chi connectivity index (χ1) is 7.88. The maximum absolute atomic E-state index is 5.76. The molecular weight excluding hydrogens is 202 g/mol. The van der Waals surface area contributed by atoms with E-state index in [0.717, 1.165) is 19.4 Å². The summed E-state index contributed by atoms with van der Waals surface area (Å²) < 4.78 is 5.72. The van der Waals surface area contributed by atoms with Gasteiger partial charge in [-0.15, -0.1) is 0 Å². The summed E-state index contributed by atoms with van der Waals surface area (Å²) in [6.07, 6.45) is 10.6. The molecule has 3 nitrogen and oxygen atoms in total. The van der Waals surface area contributed by atoms with Crippen LogP contribution < -0.4 is 5.48 Å². The van der Waals surface area contributed by atoms with Gasteiger partial charge in [0.05, 0.1) is 12.2 Å². The van der Waals surface area contributed by atoms with Crippen LogP contribution in [0.25, 0.3) is 0 Å². The highest BCUT2D eigenvalue weighted by molar-refractivity contribution is 4.75. The highest BCUT2D eigenvalue weighted by atomic mass is 16.7. The molecule has 0 bridgehead atoms. The van der Waals surface area contributed by atoms with Crippen LogP contribution >= 0.6 is 0 Å². The van der Waals surface area contributed by atoms with Gasteiger partial charge in [-0.25, -0.2) is 0 Å². The van der Waals surface area contributed by atoms with E-state index in [1.54, 1.807) is 0 Å². The molecule has 1 saturated heterocycles. The summed E-state index contributed by atoms with van der Waals surface area (Å²) in [6.45, 7) is 3.10. The average molecular weight is 227 g/mol. The van der Waals surface area contributed by atoms with Gasteiger partial charge in [0.25, 0.3) is 0 Å². The molecule has 0 radical (unpaired) electrons. The topological polar surface area (TPSA) is 30.5 Å². The Bertz CT molecular complexity index is 190. The van der Waals surface area contributed by atoms with E-state index in [1.165, 1.54) is 38.5 Å². The second kappa shape index (κ2) is 6.58. The van der Waals surface area contributed by atoms with Crippen molar-refractivity contribution in [1.82, 2.24) is 5.48 Å². The van der Waals surface area contributed by atoms with Gasteiger partial charge >= 0.3 is 0 Å². The molecule has 2 rings (SSSR count). The zero-order valence-corrected chi connectivity index (χ0v) is 10.4. The minimum atomic E-state index is 0.448. The zero-order valence-electron chi connectivity index (χ0n) is 10.4. The second-order valence-corrected chi connectivity index (χ2v) is 5.14. The van der Waals surface area contributed by atoms with Crippen molar-refractivity contribution < 1.29 is 9.57 Å². The van der Waals surface area contributed by atoms with Gasteiger partial charge in [-0.1, -0.05) is 26.2 Å². The van der Waals surface area contributed by atoms with E-state index in [1.807, 2.05) is 0 Å². The van der Waals surface area contributed by atoms with Crippen LogP contribution in [0.2, 0.25) is 0 Å². The molecule has 0 aromatic heterocycles. The Kier molecular flexibility index (Phi) is 5.07. The van der Waals surface area contributed by atoms with Crippen molar-refractivity contribution in [1.29, 1.82) is 0 Å². The first-order valence-electron chi connectivity index (χ1n) is 6.91. The van der Waals surface area contributed by atoms with Crippen molar-refractivity contribution >= 4 is 0 Å². The molecule has 0 spiro atoms. The molecule has 1 saturated carbocycles. The van der Waals surface area contributed by atoms with Gasteiger partial charge in [-0.05, 0) is 32.1 Å². The van der Waals surface area contributed by atoms with Gasteiger partial charge < -0.3 is 4.74 Å². The largest absolute Gasteiger partial charge is 0.378 e. The van der Waals surface area contributed by atoms with Crippen LogP contribution in [0.4, 0.5) is 0 Å². The summed E-state index contributed by atoms with van der Waals surface area (Å²) in [5.74, 6) is 0. The molecule has 2 atom stereocenters. The number of nitrogens with one attached hydrogen (secondary N) is 1. The SMILES string of the molecule is CCCC1CC(NOC2CCCC2)CCO1. The van der Waals surface area contributed by atoms with Gasteiger partial charge in [0.1, 0.15) is 0 Å². The number of rotatable bonds is 5. The number of hydroxylamine groups is 1. The lowest BCUT2D eigenvalue weighted by Crippen LogP contribution is -2.40. The van der Waals surface area contributed by atoms with E-state index in [2.05, 4.69) is 12.4 Å². The minimum absolute atomic E-state index is 0.448. The molecule has 0 aromatic rings. The molecule has 1 aliphatic heterocycles. The van der Waals surface area contributed by atoms with E-state index in [9.17, 15) is 0 Å². The summed E-state index contributed by atoms with van der Waals surface area (Å²) in [4.78, 5) is 5.76. The monoisotopic (exact) mass is 227 g/mol. The molecule has 1 N–H and O–H groups in total. The second-order valence-electron chi connectivity index (χ2n) is 5.14. The standard InChI is InChI=1S/C13H25NO2/c1-2-5-13-10-11(8-9-15-13)14-16-12-6-3-4-7-12/h11-14H,2-10H2,1H3. The van der Waals surface area contributed by atoms with E-state index in [4.69, 9.17) is 9.57 Å².